The minimum absolute atomic E-state index is 0.127. The van der Waals surface area contributed by atoms with Gasteiger partial charge in [-0.05, 0) is 18.1 Å². The van der Waals surface area contributed by atoms with E-state index in [4.69, 9.17) is 4.74 Å². The van der Waals surface area contributed by atoms with Crippen molar-refractivity contribution in [2.75, 3.05) is 0 Å². The van der Waals surface area contributed by atoms with Crippen molar-refractivity contribution in [2.24, 2.45) is 0 Å². The normalized spacial score (nSPS) is 26.2. The molecule has 2 heteroatoms. The summed E-state index contributed by atoms with van der Waals surface area (Å²) in [5.74, 6) is -0.288. The molecule has 96 valence electrons. The van der Waals surface area contributed by atoms with Gasteiger partial charge in [-0.3, -0.25) is 4.79 Å². The largest absolute Gasteiger partial charge is 0.454 e. The number of rotatable bonds is 2. The van der Waals surface area contributed by atoms with Gasteiger partial charge in [0, 0.05) is 6.42 Å². The molecule has 0 bridgehead atoms. The number of carbonyl (C=O) groups is 1. The van der Waals surface area contributed by atoms with Crippen LogP contribution in [0.15, 0.2) is 60.7 Å². The van der Waals surface area contributed by atoms with Gasteiger partial charge in [0.15, 0.2) is 0 Å². The van der Waals surface area contributed by atoms with E-state index in [-0.39, 0.29) is 11.9 Å². The summed E-state index contributed by atoms with van der Waals surface area (Å²) < 4.78 is 5.66. The Labute approximate surface area is 113 Å². The van der Waals surface area contributed by atoms with Gasteiger partial charge >= 0.3 is 5.97 Å². The maximum atomic E-state index is 12.1. The van der Waals surface area contributed by atoms with E-state index in [1.165, 1.54) is 0 Å². The Hall–Kier alpha value is -2.09. The molecule has 0 aromatic heterocycles. The molecule has 0 radical (unpaired) electrons. The van der Waals surface area contributed by atoms with E-state index in [0.29, 0.717) is 6.42 Å². The van der Waals surface area contributed by atoms with E-state index in [1.54, 1.807) is 0 Å². The maximum absolute atomic E-state index is 12.1. The SMILES string of the molecule is C[C@@]1(c2ccccc2)C[C@@H](c2ccccc2)C(=O)O1. The van der Waals surface area contributed by atoms with Gasteiger partial charge in [0.25, 0.3) is 0 Å². The number of hydrogen-bond acceptors (Lipinski definition) is 2. The fourth-order valence-corrected chi connectivity index (χ4v) is 2.71. The topological polar surface area (TPSA) is 26.3 Å². The monoisotopic (exact) mass is 252 g/mol. The second-order valence-corrected chi connectivity index (χ2v) is 5.19. The van der Waals surface area contributed by atoms with Gasteiger partial charge in [0.1, 0.15) is 5.60 Å². The fourth-order valence-electron chi connectivity index (χ4n) is 2.71. The van der Waals surface area contributed by atoms with Crippen molar-refractivity contribution in [3.8, 4) is 0 Å². The number of esters is 1. The van der Waals surface area contributed by atoms with E-state index >= 15 is 0 Å². The molecule has 2 aromatic carbocycles. The van der Waals surface area contributed by atoms with Gasteiger partial charge in [-0.15, -0.1) is 0 Å². The Kier molecular flexibility index (Phi) is 2.86. The molecule has 0 aliphatic carbocycles. The first kappa shape index (κ1) is 12.0. The van der Waals surface area contributed by atoms with Crippen molar-refractivity contribution >= 4 is 5.97 Å². The second kappa shape index (κ2) is 4.54. The van der Waals surface area contributed by atoms with Crippen LogP contribution in [0.1, 0.15) is 30.4 Å². The summed E-state index contributed by atoms with van der Waals surface area (Å²) in [5.41, 5.74) is 1.58. The van der Waals surface area contributed by atoms with Crippen molar-refractivity contribution in [3.05, 3.63) is 71.8 Å². The lowest BCUT2D eigenvalue weighted by Crippen LogP contribution is -2.20. The molecule has 0 unspecified atom stereocenters. The van der Waals surface area contributed by atoms with Gasteiger partial charge in [-0.25, -0.2) is 0 Å². The highest BCUT2D eigenvalue weighted by atomic mass is 16.6. The summed E-state index contributed by atoms with van der Waals surface area (Å²) >= 11 is 0. The van der Waals surface area contributed by atoms with Crippen LogP contribution in [-0.2, 0) is 15.1 Å². The highest BCUT2D eigenvalue weighted by Gasteiger charge is 2.44. The average molecular weight is 252 g/mol. The standard InChI is InChI=1S/C17H16O2/c1-17(14-10-6-3-7-11-14)12-15(16(18)19-17)13-8-4-2-5-9-13/h2-11,15H,12H2,1H3/t15-,17-/m0/s1. The number of carbonyl (C=O) groups excluding carboxylic acids is 1. The maximum Gasteiger partial charge on any atom is 0.314 e. The molecule has 1 fully saturated rings. The first-order valence-electron chi connectivity index (χ1n) is 6.52. The molecule has 0 N–H and O–H groups in total. The lowest BCUT2D eigenvalue weighted by atomic mass is 9.86. The van der Waals surface area contributed by atoms with Crippen LogP contribution in [0.25, 0.3) is 0 Å². The van der Waals surface area contributed by atoms with Crippen LogP contribution >= 0.6 is 0 Å². The molecule has 0 amide bonds. The molecule has 2 nitrogen and oxygen atoms in total. The van der Waals surface area contributed by atoms with Gasteiger partial charge in [-0.1, -0.05) is 60.7 Å². The Morgan fingerprint density at radius 1 is 1.00 bits per heavy atom. The molecule has 0 spiro atoms. The van der Waals surface area contributed by atoms with E-state index in [1.807, 2.05) is 67.6 Å². The molecule has 3 rings (SSSR count). The Morgan fingerprint density at radius 2 is 1.58 bits per heavy atom. The summed E-state index contributed by atoms with van der Waals surface area (Å²) in [4.78, 5) is 12.1. The second-order valence-electron chi connectivity index (χ2n) is 5.19. The zero-order chi connectivity index (χ0) is 13.3. The fraction of sp³-hybridized carbons (Fsp3) is 0.235. The van der Waals surface area contributed by atoms with Gasteiger partial charge < -0.3 is 4.74 Å². The molecular formula is C17H16O2. The van der Waals surface area contributed by atoms with E-state index in [9.17, 15) is 4.79 Å². The van der Waals surface area contributed by atoms with Gasteiger partial charge in [-0.2, -0.15) is 0 Å². The molecular weight excluding hydrogens is 236 g/mol. The third kappa shape index (κ3) is 2.14. The zero-order valence-corrected chi connectivity index (χ0v) is 10.9. The van der Waals surface area contributed by atoms with Gasteiger partial charge in [0.2, 0.25) is 0 Å². The molecule has 2 atom stereocenters. The van der Waals surface area contributed by atoms with Crippen LogP contribution in [0.5, 0.6) is 0 Å². The van der Waals surface area contributed by atoms with Crippen LogP contribution in [0.4, 0.5) is 0 Å². The van der Waals surface area contributed by atoms with Gasteiger partial charge in [0.05, 0.1) is 5.92 Å². The summed E-state index contributed by atoms with van der Waals surface area (Å²) in [6.45, 7) is 1.99. The van der Waals surface area contributed by atoms with Crippen LogP contribution < -0.4 is 0 Å². The van der Waals surface area contributed by atoms with Crippen LogP contribution in [0.2, 0.25) is 0 Å². The summed E-state index contributed by atoms with van der Waals surface area (Å²) in [6.07, 6.45) is 0.694. The molecule has 2 aromatic rings. The van der Waals surface area contributed by atoms with Crippen molar-refractivity contribution in [1.82, 2.24) is 0 Å². The van der Waals surface area contributed by atoms with Crippen molar-refractivity contribution < 1.29 is 9.53 Å². The minimum atomic E-state index is -0.515. The Bertz CT molecular complexity index is 577. The zero-order valence-electron chi connectivity index (χ0n) is 10.9. The van der Waals surface area contributed by atoms with Crippen molar-refractivity contribution in [1.29, 1.82) is 0 Å². The predicted octanol–water partition coefficient (Wildman–Crippen LogP) is 3.63. The average Bonchev–Trinajstić information content (AvgIpc) is 2.77. The summed E-state index contributed by atoms with van der Waals surface area (Å²) in [6, 6.07) is 19.8. The number of hydrogen-bond donors (Lipinski definition) is 0. The third-order valence-corrected chi connectivity index (χ3v) is 3.79. The first-order valence-corrected chi connectivity index (χ1v) is 6.52. The van der Waals surface area contributed by atoms with E-state index in [2.05, 4.69) is 0 Å². The molecule has 19 heavy (non-hydrogen) atoms. The quantitative estimate of drug-likeness (QED) is 0.763. The molecule has 1 aliphatic heterocycles. The molecule has 0 saturated carbocycles. The van der Waals surface area contributed by atoms with Crippen LogP contribution in [0.3, 0.4) is 0 Å². The smallest absolute Gasteiger partial charge is 0.314 e. The Balaban J connectivity index is 1.92. The summed E-state index contributed by atoms with van der Waals surface area (Å²) in [5, 5.41) is 0. The van der Waals surface area contributed by atoms with Crippen molar-refractivity contribution in [2.45, 2.75) is 24.9 Å². The lowest BCUT2D eigenvalue weighted by Gasteiger charge is -2.22. The highest BCUT2D eigenvalue weighted by Crippen LogP contribution is 2.43. The Morgan fingerprint density at radius 3 is 2.21 bits per heavy atom. The molecule has 1 aliphatic rings. The summed E-state index contributed by atoms with van der Waals surface area (Å²) in [7, 11) is 0. The third-order valence-electron chi connectivity index (χ3n) is 3.79. The molecule has 1 saturated heterocycles. The lowest BCUT2D eigenvalue weighted by molar-refractivity contribution is -0.148. The first-order chi connectivity index (χ1) is 9.19. The van der Waals surface area contributed by atoms with E-state index < -0.39 is 5.60 Å². The number of cyclic esters (lactones) is 1. The number of ether oxygens (including phenoxy) is 1. The van der Waals surface area contributed by atoms with Crippen molar-refractivity contribution in [3.63, 3.8) is 0 Å². The molecule has 1 heterocycles. The predicted molar refractivity (Wildman–Crippen MR) is 73.7 cm³/mol. The highest BCUT2D eigenvalue weighted by molar-refractivity contribution is 5.81. The minimum Gasteiger partial charge on any atom is -0.454 e. The van der Waals surface area contributed by atoms with Crippen LogP contribution in [0, 0.1) is 0 Å². The number of benzene rings is 2. The van der Waals surface area contributed by atoms with Crippen LogP contribution in [-0.4, -0.2) is 5.97 Å². The van der Waals surface area contributed by atoms with E-state index in [0.717, 1.165) is 11.1 Å².